The van der Waals surface area contributed by atoms with Gasteiger partial charge in [0.15, 0.2) is 0 Å². The van der Waals surface area contributed by atoms with Crippen LogP contribution >= 0.6 is 0 Å². The summed E-state index contributed by atoms with van der Waals surface area (Å²) in [5, 5.41) is 11.6. The van der Waals surface area contributed by atoms with E-state index in [9.17, 15) is 10.1 Å². The molecule has 0 aromatic heterocycles. The van der Waals surface area contributed by atoms with Crippen LogP contribution < -0.4 is 5.73 Å². The van der Waals surface area contributed by atoms with Crippen molar-refractivity contribution in [2.24, 2.45) is 5.73 Å². The van der Waals surface area contributed by atoms with Gasteiger partial charge in [-0.2, -0.15) is 0 Å². The van der Waals surface area contributed by atoms with Crippen LogP contribution in [0.4, 0.5) is 0 Å². The Morgan fingerprint density at radius 1 is 0.682 bits per heavy atom. The van der Waals surface area contributed by atoms with Crippen molar-refractivity contribution < 1.29 is 4.92 Å². The highest BCUT2D eigenvalue weighted by molar-refractivity contribution is 5.36. The lowest BCUT2D eigenvalue weighted by atomic mass is 9.91. The second-order valence-corrected chi connectivity index (χ2v) is 6.72. The van der Waals surface area contributed by atoms with Gasteiger partial charge < -0.3 is 5.73 Å². The minimum absolute atomic E-state index is 0.131. The molecular weight excluding hydrogens is 276 g/mol. The van der Waals surface area contributed by atoms with Crippen LogP contribution in [0.25, 0.3) is 0 Å². The van der Waals surface area contributed by atoms with E-state index in [2.05, 4.69) is 0 Å². The van der Waals surface area contributed by atoms with Gasteiger partial charge in [-0.3, -0.25) is 10.1 Å². The number of nitro groups is 1. The monoisotopic (exact) mass is 306 g/mol. The molecule has 0 spiro atoms. The first-order valence-electron chi connectivity index (χ1n) is 9.04. The van der Waals surface area contributed by atoms with Gasteiger partial charge in [0, 0.05) is 17.7 Å². The summed E-state index contributed by atoms with van der Waals surface area (Å²) >= 11 is 0. The van der Waals surface area contributed by atoms with Crippen molar-refractivity contribution in [2.75, 3.05) is 0 Å². The summed E-state index contributed by atoms with van der Waals surface area (Å²) in [5.41, 5.74) is 9.87. The van der Waals surface area contributed by atoms with Gasteiger partial charge in [0.1, 0.15) is 0 Å². The second kappa shape index (κ2) is 8.96. The third-order valence-corrected chi connectivity index (χ3v) is 5.03. The van der Waals surface area contributed by atoms with E-state index >= 15 is 0 Å². The molecule has 4 nitrogen and oxygen atoms in total. The topological polar surface area (TPSA) is 69.2 Å². The first kappa shape index (κ1) is 17.0. The smallest absolute Gasteiger partial charge is 0.249 e. The average molecular weight is 306 g/mol. The minimum Gasteiger partial charge on any atom is -0.402 e. The molecule has 124 valence electrons. The zero-order valence-electron chi connectivity index (χ0n) is 13.7. The van der Waals surface area contributed by atoms with Crippen molar-refractivity contribution >= 4 is 0 Å². The number of rotatable bonds is 2. The van der Waals surface area contributed by atoms with Gasteiger partial charge in [0.25, 0.3) is 0 Å². The Balaban J connectivity index is 2.36. The van der Waals surface area contributed by atoms with E-state index in [1.165, 1.54) is 32.1 Å². The molecule has 2 rings (SSSR count). The fourth-order valence-corrected chi connectivity index (χ4v) is 3.75. The summed E-state index contributed by atoms with van der Waals surface area (Å²) in [7, 11) is 0. The average Bonchev–Trinajstić information content (AvgIpc) is 2.67. The molecule has 0 amide bonds. The molecule has 2 N–H and O–H groups in total. The number of hydrogen-bond donors (Lipinski definition) is 1. The van der Waals surface area contributed by atoms with E-state index in [0.717, 1.165) is 68.2 Å². The number of nitrogens with zero attached hydrogens (tertiary/aromatic N) is 1. The van der Waals surface area contributed by atoms with Crippen molar-refractivity contribution in [2.45, 2.75) is 89.9 Å². The van der Waals surface area contributed by atoms with Gasteiger partial charge in [-0.1, -0.05) is 38.5 Å². The molecule has 0 aromatic rings. The standard InChI is InChI=1S/C18H30N2O2/c19-17-13-9-5-1-3-7-11-15(17)16-12-8-4-2-6-10-14-18(16)20(21)22/h1-14,19H2/b17-15-,18-16+. The van der Waals surface area contributed by atoms with Gasteiger partial charge >= 0.3 is 0 Å². The normalized spacial score (nSPS) is 29.5. The highest BCUT2D eigenvalue weighted by Gasteiger charge is 2.23. The summed E-state index contributed by atoms with van der Waals surface area (Å²) in [4.78, 5) is 11.5. The maximum absolute atomic E-state index is 11.6. The summed E-state index contributed by atoms with van der Waals surface area (Å²) in [6, 6.07) is 0. The lowest BCUT2D eigenvalue weighted by Crippen LogP contribution is -2.11. The fraction of sp³-hybridized carbons (Fsp3) is 0.778. The number of nitrogens with two attached hydrogens (primary N) is 1. The molecular formula is C18H30N2O2. The molecule has 22 heavy (non-hydrogen) atoms. The van der Waals surface area contributed by atoms with E-state index in [1.807, 2.05) is 0 Å². The molecule has 4 heteroatoms. The Labute approximate surface area is 134 Å². The Morgan fingerprint density at radius 2 is 1.14 bits per heavy atom. The molecule has 0 heterocycles. The quantitative estimate of drug-likeness (QED) is 0.561. The van der Waals surface area contributed by atoms with E-state index in [4.69, 9.17) is 5.73 Å². The fourth-order valence-electron chi connectivity index (χ4n) is 3.75. The van der Waals surface area contributed by atoms with Crippen LogP contribution in [-0.2, 0) is 0 Å². The van der Waals surface area contributed by atoms with Gasteiger partial charge in [0.2, 0.25) is 5.70 Å². The van der Waals surface area contributed by atoms with E-state index in [0.29, 0.717) is 12.1 Å². The van der Waals surface area contributed by atoms with E-state index in [1.54, 1.807) is 0 Å². The van der Waals surface area contributed by atoms with Gasteiger partial charge in [0.05, 0.1) is 4.92 Å². The molecule has 0 atom stereocenters. The SMILES string of the molecule is N/C1=C(\C2=C(\[N+](=O)[O-])CCCCCCC2)CCCCCCC1. The maximum Gasteiger partial charge on any atom is 0.249 e. The van der Waals surface area contributed by atoms with Crippen molar-refractivity contribution in [3.63, 3.8) is 0 Å². The summed E-state index contributed by atoms with van der Waals surface area (Å²) in [6.07, 6.45) is 14.7. The summed E-state index contributed by atoms with van der Waals surface area (Å²) in [5.74, 6) is 0. The molecule has 0 fully saturated rings. The predicted molar refractivity (Wildman–Crippen MR) is 89.9 cm³/mol. The Kier molecular flexibility index (Phi) is 6.94. The van der Waals surface area contributed by atoms with Crippen LogP contribution in [0.15, 0.2) is 22.5 Å². The molecule has 2 aliphatic rings. The molecule has 0 unspecified atom stereocenters. The van der Waals surface area contributed by atoms with Crippen LogP contribution in [0.5, 0.6) is 0 Å². The highest BCUT2D eigenvalue weighted by atomic mass is 16.6. The van der Waals surface area contributed by atoms with Crippen LogP contribution in [0, 0.1) is 10.1 Å². The van der Waals surface area contributed by atoms with Gasteiger partial charge in [-0.05, 0) is 50.5 Å². The first-order chi connectivity index (χ1) is 10.7. The minimum atomic E-state index is -0.131. The van der Waals surface area contributed by atoms with Gasteiger partial charge in [-0.25, -0.2) is 0 Å². The Hall–Kier alpha value is -1.32. The molecule has 0 radical (unpaired) electrons. The highest BCUT2D eigenvalue weighted by Crippen LogP contribution is 2.33. The van der Waals surface area contributed by atoms with Crippen LogP contribution in [0.1, 0.15) is 89.9 Å². The largest absolute Gasteiger partial charge is 0.402 e. The number of allylic oxidation sites excluding steroid dienone is 4. The zero-order chi connectivity index (χ0) is 15.8. The molecule has 0 saturated carbocycles. The van der Waals surface area contributed by atoms with E-state index < -0.39 is 0 Å². The summed E-state index contributed by atoms with van der Waals surface area (Å²) < 4.78 is 0. The van der Waals surface area contributed by atoms with Crippen LogP contribution in [-0.4, -0.2) is 4.92 Å². The number of hydrogen-bond acceptors (Lipinski definition) is 3. The predicted octanol–water partition coefficient (Wildman–Crippen LogP) is 5.22. The maximum atomic E-state index is 11.6. The Morgan fingerprint density at radius 3 is 1.73 bits per heavy atom. The Bertz CT molecular complexity index is 452. The lowest BCUT2D eigenvalue weighted by Gasteiger charge is -2.16. The van der Waals surface area contributed by atoms with Crippen LogP contribution in [0.2, 0.25) is 0 Å². The zero-order valence-corrected chi connectivity index (χ0v) is 13.7. The van der Waals surface area contributed by atoms with Crippen molar-refractivity contribution in [3.8, 4) is 0 Å². The molecule has 2 aliphatic carbocycles. The molecule has 0 saturated heterocycles. The second-order valence-electron chi connectivity index (χ2n) is 6.72. The van der Waals surface area contributed by atoms with Gasteiger partial charge in [-0.15, -0.1) is 0 Å². The molecule has 0 aliphatic heterocycles. The molecule has 0 bridgehead atoms. The first-order valence-corrected chi connectivity index (χ1v) is 9.04. The lowest BCUT2D eigenvalue weighted by molar-refractivity contribution is -0.429. The summed E-state index contributed by atoms with van der Waals surface area (Å²) in [6.45, 7) is 0. The van der Waals surface area contributed by atoms with Crippen molar-refractivity contribution in [1.82, 2.24) is 0 Å². The van der Waals surface area contributed by atoms with Crippen LogP contribution in [0.3, 0.4) is 0 Å². The van der Waals surface area contributed by atoms with Crippen molar-refractivity contribution in [1.29, 1.82) is 0 Å². The molecule has 0 aromatic carbocycles. The third-order valence-electron chi connectivity index (χ3n) is 5.03. The van der Waals surface area contributed by atoms with E-state index in [-0.39, 0.29) is 4.92 Å². The van der Waals surface area contributed by atoms with Crippen molar-refractivity contribution in [3.05, 3.63) is 32.7 Å². The third kappa shape index (κ3) is 4.85.